The molecule has 1 atom stereocenters. The largest absolute Gasteiger partial charge is 0.444 e. The van der Waals surface area contributed by atoms with Gasteiger partial charge in [0.1, 0.15) is 28.9 Å². The van der Waals surface area contributed by atoms with Gasteiger partial charge >= 0.3 is 6.09 Å². The average Bonchev–Trinajstić information content (AvgIpc) is 3.32. The summed E-state index contributed by atoms with van der Waals surface area (Å²) in [5.74, 6) is 0.0546. The van der Waals surface area contributed by atoms with E-state index in [1.165, 1.54) is 18.6 Å². The Hall–Kier alpha value is -4.27. The normalized spacial score (nSPS) is 14.9. The van der Waals surface area contributed by atoms with Crippen molar-refractivity contribution in [2.75, 3.05) is 5.32 Å². The van der Waals surface area contributed by atoms with Crippen LogP contribution in [0.4, 0.5) is 15.0 Å². The summed E-state index contributed by atoms with van der Waals surface area (Å²) in [4.78, 5) is 38.3. The SMILES string of the molecule is CC(C)(C)OC(=O)N[C@@H](CC1CCCCC1)C(=O)Nc1ccc2c(-c3ccncc3)c(-c3ccc(F)cc3)[nH]c2n1. The van der Waals surface area contributed by atoms with Gasteiger partial charge < -0.3 is 20.4 Å². The number of hydrogen-bond donors (Lipinski definition) is 3. The molecule has 2 amide bonds. The molecule has 1 aromatic carbocycles. The maximum Gasteiger partial charge on any atom is 0.408 e. The lowest BCUT2D eigenvalue weighted by Gasteiger charge is -2.27. The van der Waals surface area contributed by atoms with Crippen molar-refractivity contribution < 1.29 is 18.7 Å². The van der Waals surface area contributed by atoms with E-state index in [-0.39, 0.29) is 11.7 Å². The van der Waals surface area contributed by atoms with Gasteiger partial charge in [-0.1, -0.05) is 32.1 Å². The van der Waals surface area contributed by atoms with Crippen molar-refractivity contribution >= 4 is 28.9 Å². The summed E-state index contributed by atoms with van der Waals surface area (Å²) in [6.07, 6.45) is 8.90. The summed E-state index contributed by atoms with van der Waals surface area (Å²) >= 11 is 0. The first-order chi connectivity index (χ1) is 19.7. The van der Waals surface area contributed by atoms with Gasteiger partial charge in [-0.05, 0) is 92.8 Å². The molecule has 1 aliphatic rings. The highest BCUT2D eigenvalue weighted by atomic mass is 19.1. The lowest BCUT2D eigenvalue weighted by atomic mass is 9.84. The predicted molar refractivity (Wildman–Crippen MR) is 158 cm³/mol. The van der Waals surface area contributed by atoms with E-state index in [4.69, 9.17) is 9.72 Å². The van der Waals surface area contributed by atoms with Gasteiger partial charge in [0, 0.05) is 23.3 Å². The highest BCUT2D eigenvalue weighted by Gasteiger charge is 2.28. The lowest BCUT2D eigenvalue weighted by molar-refractivity contribution is -0.118. The zero-order valence-corrected chi connectivity index (χ0v) is 23.7. The third-order valence-electron chi connectivity index (χ3n) is 7.31. The number of fused-ring (bicyclic) bond motifs is 1. The van der Waals surface area contributed by atoms with Crippen molar-refractivity contribution in [2.45, 2.75) is 70.9 Å². The number of H-pyrrole nitrogens is 1. The molecule has 9 heteroatoms. The molecule has 41 heavy (non-hydrogen) atoms. The number of aromatic amines is 1. The zero-order valence-electron chi connectivity index (χ0n) is 23.7. The van der Waals surface area contributed by atoms with E-state index in [9.17, 15) is 14.0 Å². The van der Waals surface area contributed by atoms with Crippen LogP contribution in [0, 0.1) is 11.7 Å². The van der Waals surface area contributed by atoms with Gasteiger partial charge in [-0.15, -0.1) is 0 Å². The van der Waals surface area contributed by atoms with Crippen molar-refractivity contribution in [1.82, 2.24) is 20.3 Å². The molecule has 1 fully saturated rings. The van der Waals surface area contributed by atoms with Crippen LogP contribution in [0.2, 0.25) is 0 Å². The second-order valence-electron chi connectivity index (χ2n) is 11.6. The van der Waals surface area contributed by atoms with Crippen LogP contribution < -0.4 is 10.6 Å². The predicted octanol–water partition coefficient (Wildman–Crippen LogP) is 7.23. The number of halogens is 1. The quantitative estimate of drug-likeness (QED) is 0.222. The molecule has 8 nitrogen and oxygen atoms in total. The van der Waals surface area contributed by atoms with E-state index in [1.807, 2.05) is 18.2 Å². The standard InChI is InChI=1S/C32H36FN5O3/c1-32(2,3)41-31(40)35-25(19-20-7-5-4-6-8-20)30(39)37-26-14-13-24-27(21-15-17-34-18-16-21)28(38-29(24)36-26)22-9-11-23(33)12-10-22/h9-18,20,25H,4-8,19H2,1-3H3,(H,35,40)(H2,36,37,38,39)/t25-/m0/s1. The topological polar surface area (TPSA) is 109 Å². The van der Waals surface area contributed by atoms with Crippen molar-refractivity contribution in [3.05, 3.63) is 66.7 Å². The summed E-state index contributed by atoms with van der Waals surface area (Å²) in [6, 6.07) is 13.0. The van der Waals surface area contributed by atoms with E-state index in [0.29, 0.717) is 23.8 Å². The van der Waals surface area contributed by atoms with Gasteiger partial charge in [0.25, 0.3) is 0 Å². The summed E-state index contributed by atoms with van der Waals surface area (Å²) in [5, 5.41) is 6.55. The Labute approximate surface area is 239 Å². The van der Waals surface area contributed by atoms with Crippen LogP contribution in [0.25, 0.3) is 33.4 Å². The highest BCUT2D eigenvalue weighted by Crippen LogP contribution is 2.38. The number of carbonyl (C=O) groups is 2. The van der Waals surface area contributed by atoms with Crippen molar-refractivity contribution in [3.63, 3.8) is 0 Å². The third-order valence-corrected chi connectivity index (χ3v) is 7.31. The number of nitrogens with zero attached hydrogens (tertiary/aromatic N) is 2. The van der Waals surface area contributed by atoms with Crippen molar-refractivity contribution in [2.24, 2.45) is 5.92 Å². The van der Waals surface area contributed by atoms with Crippen LogP contribution in [0.3, 0.4) is 0 Å². The van der Waals surface area contributed by atoms with E-state index >= 15 is 0 Å². The fourth-order valence-electron chi connectivity index (χ4n) is 5.44. The number of amides is 2. The number of anilines is 1. The number of benzene rings is 1. The molecule has 1 aliphatic carbocycles. The van der Waals surface area contributed by atoms with Crippen LogP contribution in [0.15, 0.2) is 60.9 Å². The minimum absolute atomic E-state index is 0.318. The van der Waals surface area contributed by atoms with E-state index in [1.54, 1.807) is 51.4 Å². The molecule has 0 saturated heterocycles. The van der Waals surface area contributed by atoms with Gasteiger partial charge in [-0.2, -0.15) is 0 Å². The zero-order chi connectivity index (χ0) is 29.0. The Morgan fingerprint density at radius 3 is 2.39 bits per heavy atom. The summed E-state index contributed by atoms with van der Waals surface area (Å²) in [5.41, 5.74) is 3.31. The Bertz CT molecular complexity index is 1510. The van der Waals surface area contributed by atoms with Gasteiger partial charge in [0.2, 0.25) is 5.91 Å². The van der Waals surface area contributed by atoms with Crippen LogP contribution in [0.5, 0.6) is 0 Å². The number of aromatic nitrogens is 3. The first-order valence-electron chi connectivity index (χ1n) is 14.2. The summed E-state index contributed by atoms with van der Waals surface area (Å²) in [7, 11) is 0. The second-order valence-corrected chi connectivity index (χ2v) is 11.6. The minimum atomic E-state index is -0.753. The summed E-state index contributed by atoms with van der Waals surface area (Å²) in [6.45, 7) is 5.37. The molecular formula is C32H36FN5O3. The van der Waals surface area contributed by atoms with E-state index in [0.717, 1.165) is 53.5 Å². The summed E-state index contributed by atoms with van der Waals surface area (Å²) < 4.78 is 19.1. The Morgan fingerprint density at radius 2 is 1.71 bits per heavy atom. The first-order valence-corrected chi connectivity index (χ1v) is 14.2. The molecule has 0 unspecified atom stereocenters. The minimum Gasteiger partial charge on any atom is -0.444 e. The van der Waals surface area contributed by atoms with Gasteiger partial charge in [-0.3, -0.25) is 9.78 Å². The van der Waals surface area contributed by atoms with Gasteiger partial charge in [-0.25, -0.2) is 14.2 Å². The Kier molecular flexibility index (Phi) is 8.33. The number of rotatable bonds is 7. The van der Waals surface area contributed by atoms with Crippen LogP contribution in [-0.4, -0.2) is 38.6 Å². The van der Waals surface area contributed by atoms with E-state index < -0.39 is 17.7 Å². The smallest absolute Gasteiger partial charge is 0.408 e. The van der Waals surface area contributed by atoms with Gasteiger partial charge in [0.05, 0.1) is 5.69 Å². The second kappa shape index (κ2) is 12.1. The number of carbonyl (C=O) groups excluding carboxylic acids is 2. The van der Waals surface area contributed by atoms with Crippen LogP contribution in [-0.2, 0) is 9.53 Å². The molecule has 1 saturated carbocycles. The molecular weight excluding hydrogens is 521 g/mol. The van der Waals surface area contributed by atoms with E-state index in [2.05, 4.69) is 20.6 Å². The molecule has 0 spiro atoms. The fourth-order valence-corrected chi connectivity index (χ4v) is 5.44. The number of ether oxygens (including phenoxy) is 1. The average molecular weight is 558 g/mol. The molecule has 4 aromatic rings. The van der Waals surface area contributed by atoms with Gasteiger partial charge in [0.15, 0.2) is 0 Å². The maximum absolute atomic E-state index is 13.7. The first kappa shape index (κ1) is 28.3. The van der Waals surface area contributed by atoms with Crippen molar-refractivity contribution in [3.8, 4) is 22.4 Å². The number of hydrogen-bond acceptors (Lipinski definition) is 5. The highest BCUT2D eigenvalue weighted by molar-refractivity contribution is 6.03. The fraction of sp³-hybridized carbons (Fsp3) is 0.375. The molecule has 3 aromatic heterocycles. The molecule has 214 valence electrons. The number of nitrogens with one attached hydrogen (secondary N) is 3. The molecule has 3 heterocycles. The Balaban J connectivity index is 1.43. The number of alkyl carbamates (subject to hydrolysis) is 1. The van der Waals surface area contributed by atoms with Crippen LogP contribution in [0.1, 0.15) is 59.3 Å². The maximum atomic E-state index is 13.7. The molecule has 0 aliphatic heterocycles. The molecule has 0 radical (unpaired) electrons. The van der Waals surface area contributed by atoms with Crippen molar-refractivity contribution in [1.29, 1.82) is 0 Å². The lowest BCUT2D eigenvalue weighted by Crippen LogP contribution is -2.47. The molecule has 0 bridgehead atoms. The molecule has 5 rings (SSSR count). The van der Waals surface area contributed by atoms with Crippen LogP contribution >= 0.6 is 0 Å². The number of pyridine rings is 2. The monoisotopic (exact) mass is 557 g/mol. The third kappa shape index (κ3) is 7.09. The Morgan fingerprint density at radius 1 is 1.00 bits per heavy atom. The molecule has 3 N–H and O–H groups in total.